The SMILES string of the molecule is CCNC(=O)c1cc(C2CC2)nc2c1c(C)nn2C. The molecule has 5 nitrogen and oxygen atoms in total. The fourth-order valence-corrected chi connectivity index (χ4v) is 2.49. The van der Waals surface area contributed by atoms with Crippen LogP contribution in [0.4, 0.5) is 0 Å². The molecule has 1 fully saturated rings. The Balaban J connectivity index is 2.23. The van der Waals surface area contributed by atoms with Gasteiger partial charge in [0, 0.05) is 25.2 Å². The molecule has 100 valence electrons. The highest BCUT2D eigenvalue weighted by atomic mass is 16.1. The van der Waals surface area contributed by atoms with E-state index in [2.05, 4.69) is 15.4 Å². The third kappa shape index (κ3) is 1.99. The predicted molar refractivity (Wildman–Crippen MR) is 73.2 cm³/mol. The maximum atomic E-state index is 12.2. The third-order valence-electron chi connectivity index (χ3n) is 3.57. The smallest absolute Gasteiger partial charge is 0.252 e. The van der Waals surface area contributed by atoms with E-state index in [1.807, 2.05) is 27.0 Å². The van der Waals surface area contributed by atoms with E-state index < -0.39 is 0 Å². The van der Waals surface area contributed by atoms with E-state index in [-0.39, 0.29) is 5.91 Å². The van der Waals surface area contributed by atoms with Crippen LogP contribution in [-0.2, 0) is 7.05 Å². The van der Waals surface area contributed by atoms with Crippen LogP contribution in [-0.4, -0.2) is 27.2 Å². The Morgan fingerprint density at radius 2 is 2.26 bits per heavy atom. The first-order chi connectivity index (χ1) is 9.11. The first-order valence-electron chi connectivity index (χ1n) is 6.74. The molecule has 2 heterocycles. The van der Waals surface area contributed by atoms with Crippen LogP contribution in [0, 0.1) is 6.92 Å². The van der Waals surface area contributed by atoms with Crippen LogP contribution in [0.15, 0.2) is 6.07 Å². The molecule has 0 unspecified atom stereocenters. The fraction of sp³-hybridized carbons (Fsp3) is 0.500. The number of aryl methyl sites for hydroxylation is 2. The lowest BCUT2D eigenvalue weighted by Crippen LogP contribution is -2.23. The van der Waals surface area contributed by atoms with Crippen molar-refractivity contribution in [1.29, 1.82) is 0 Å². The van der Waals surface area contributed by atoms with Crippen molar-refractivity contribution in [1.82, 2.24) is 20.1 Å². The van der Waals surface area contributed by atoms with Gasteiger partial charge in [0.15, 0.2) is 5.65 Å². The monoisotopic (exact) mass is 258 g/mol. The number of nitrogens with one attached hydrogen (secondary N) is 1. The molecule has 0 aromatic carbocycles. The molecule has 19 heavy (non-hydrogen) atoms. The van der Waals surface area contributed by atoms with Crippen LogP contribution in [0.3, 0.4) is 0 Å². The van der Waals surface area contributed by atoms with Gasteiger partial charge in [-0.2, -0.15) is 5.10 Å². The number of pyridine rings is 1. The zero-order chi connectivity index (χ0) is 13.6. The molecule has 1 aliphatic rings. The van der Waals surface area contributed by atoms with Crippen molar-refractivity contribution in [3.05, 3.63) is 23.0 Å². The van der Waals surface area contributed by atoms with Gasteiger partial charge in [-0.3, -0.25) is 9.48 Å². The number of hydrogen-bond donors (Lipinski definition) is 1. The van der Waals surface area contributed by atoms with Crippen molar-refractivity contribution in [2.45, 2.75) is 32.6 Å². The van der Waals surface area contributed by atoms with Gasteiger partial charge in [0.2, 0.25) is 0 Å². The highest BCUT2D eigenvalue weighted by Crippen LogP contribution is 2.40. The van der Waals surface area contributed by atoms with E-state index in [1.54, 1.807) is 4.68 Å². The Bertz CT molecular complexity index is 655. The highest BCUT2D eigenvalue weighted by molar-refractivity contribution is 6.06. The number of nitrogens with zero attached hydrogens (tertiary/aromatic N) is 3. The van der Waals surface area contributed by atoms with Crippen molar-refractivity contribution in [3.63, 3.8) is 0 Å². The Morgan fingerprint density at radius 1 is 1.53 bits per heavy atom. The average molecular weight is 258 g/mol. The number of hydrogen-bond acceptors (Lipinski definition) is 3. The van der Waals surface area contributed by atoms with Gasteiger partial charge < -0.3 is 5.32 Å². The zero-order valence-electron chi connectivity index (χ0n) is 11.5. The lowest BCUT2D eigenvalue weighted by Gasteiger charge is -2.07. The maximum Gasteiger partial charge on any atom is 0.252 e. The molecule has 0 radical (unpaired) electrons. The van der Waals surface area contributed by atoms with E-state index in [0.717, 1.165) is 22.4 Å². The lowest BCUT2D eigenvalue weighted by atomic mass is 10.1. The number of rotatable bonds is 3. The van der Waals surface area contributed by atoms with E-state index >= 15 is 0 Å². The van der Waals surface area contributed by atoms with Crippen LogP contribution < -0.4 is 5.32 Å². The molecule has 1 saturated carbocycles. The van der Waals surface area contributed by atoms with Gasteiger partial charge in [-0.25, -0.2) is 4.98 Å². The van der Waals surface area contributed by atoms with Crippen molar-refractivity contribution in [2.75, 3.05) is 6.54 Å². The molecule has 1 aliphatic carbocycles. The first kappa shape index (κ1) is 12.1. The van der Waals surface area contributed by atoms with Gasteiger partial charge in [0.1, 0.15) is 0 Å². The maximum absolute atomic E-state index is 12.2. The van der Waals surface area contributed by atoms with E-state index in [0.29, 0.717) is 18.0 Å². The molecule has 1 N–H and O–H groups in total. The molecular weight excluding hydrogens is 240 g/mol. The molecule has 0 saturated heterocycles. The topological polar surface area (TPSA) is 59.8 Å². The van der Waals surface area contributed by atoms with Gasteiger partial charge in [0.25, 0.3) is 5.91 Å². The number of fused-ring (bicyclic) bond motifs is 1. The second-order valence-electron chi connectivity index (χ2n) is 5.14. The summed E-state index contributed by atoms with van der Waals surface area (Å²) in [5.41, 5.74) is 3.40. The molecule has 5 heteroatoms. The van der Waals surface area contributed by atoms with Crippen molar-refractivity contribution < 1.29 is 4.79 Å². The molecule has 0 atom stereocenters. The molecule has 2 aromatic heterocycles. The first-order valence-corrected chi connectivity index (χ1v) is 6.74. The summed E-state index contributed by atoms with van der Waals surface area (Å²) in [5, 5.41) is 8.13. The van der Waals surface area contributed by atoms with Crippen molar-refractivity contribution in [2.24, 2.45) is 7.05 Å². The summed E-state index contributed by atoms with van der Waals surface area (Å²) >= 11 is 0. The molecule has 0 spiro atoms. The van der Waals surface area contributed by atoms with E-state index in [4.69, 9.17) is 0 Å². The number of aromatic nitrogens is 3. The summed E-state index contributed by atoms with van der Waals surface area (Å²) in [6, 6.07) is 1.94. The minimum absolute atomic E-state index is 0.0344. The highest BCUT2D eigenvalue weighted by Gasteiger charge is 2.28. The minimum atomic E-state index is -0.0344. The minimum Gasteiger partial charge on any atom is -0.352 e. The van der Waals surface area contributed by atoms with Crippen LogP contribution in [0.25, 0.3) is 11.0 Å². The van der Waals surface area contributed by atoms with Gasteiger partial charge in [-0.05, 0) is 32.8 Å². The Morgan fingerprint density at radius 3 is 2.89 bits per heavy atom. The summed E-state index contributed by atoms with van der Waals surface area (Å²) in [7, 11) is 1.88. The molecule has 0 aliphatic heterocycles. The van der Waals surface area contributed by atoms with Gasteiger partial charge in [0.05, 0.1) is 16.6 Å². The Hall–Kier alpha value is -1.91. The Kier molecular flexibility index (Phi) is 2.77. The average Bonchev–Trinajstić information content (AvgIpc) is 3.17. The molecule has 3 rings (SSSR count). The summed E-state index contributed by atoms with van der Waals surface area (Å²) < 4.78 is 1.76. The normalized spacial score (nSPS) is 14.9. The van der Waals surface area contributed by atoms with Crippen LogP contribution in [0.5, 0.6) is 0 Å². The quantitative estimate of drug-likeness (QED) is 0.914. The molecule has 0 bridgehead atoms. The molecular formula is C14H18N4O. The van der Waals surface area contributed by atoms with Gasteiger partial charge in [-0.1, -0.05) is 0 Å². The van der Waals surface area contributed by atoms with Crippen molar-refractivity contribution >= 4 is 16.9 Å². The summed E-state index contributed by atoms with van der Waals surface area (Å²) in [6.45, 7) is 4.47. The number of carbonyl (C=O) groups is 1. The van der Waals surface area contributed by atoms with Crippen LogP contribution >= 0.6 is 0 Å². The second kappa shape index (κ2) is 4.33. The largest absolute Gasteiger partial charge is 0.352 e. The standard InChI is InChI=1S/C14H18N4O/c1-4-15-14(19)10-7-11(9-5-6-9)16-13-12(10)8(2)17-18(13)3/h7,9H,4-6H2,1-3H3,(H,15,19). The lowest BCUT2D eigenvalue weighted by molar-refractivity contribution is 0.0957. The third-order valence-corrected chi connectivity index (χ3v) is 3.57. The predicted octanol–water partition coefficient (Wildman–Crippen LogP) is 1.90. The molecule has 2 aromatic rings. The summed E-state index contributed by atoms with van der Waals surface area (Å²) in [4.78, 5) is 16.9. The molecule has 1 amide bonds. The van der Waals surface area contributed by atoms with Crippen molar-refractivity contribution in [3.8, 4) is 0 Å². The summed E-state index contributed by atoms with van der Waals surface area (Å²) in [6.07, 6.45) is 2.34. The van der Waals surface area contributed by atoms with Gasteiger partial charge in [-0.15, -0.1) is 0 Å². The van der Waals surface area contributed by atoms with Gasteiger partial charge >= 0.3 is 0 Å². The van der Waals surface area contributed by atoms with E-state index in [1.165, 1.54) is 12.8 Å². The van der Waals surface area contributed by atoms with Crippen LogP contribution in [0.2, 0.25) is 0 Å². The summed E-state index contributed by atoms with van der Waals surface area (Å²) in [5.74, 6) is 0.487. The Labute approximate surface area is 112 Å². The fourth-order valence-electron chi connectivity index (χ4n) is 2.49. The number of carbonyl (C=O) groups excluding carboxylic acids is 1. The van der Waals surface area contributed by atoms with Crippen LogP contribution in [0.1, 0.15) is 47.4 Å². The second-order valence-corrected chi connectivity index (χ2v) is 5.14. The zero-order valence-corrected chi connectivity index (χ0v) is 11.5. The van der Waals surface area contributed by atoms with E-state index in [9.17, 15) is 4.79 Å². The number of amides is 1.